The summed E-state index contributed by atoms with van der Waals surface area (Å²) in [5, 5.41) is 0. The van der Waals surface area contributed by atoms with Gasteiger partial charge in [-0.3, -0.25) is 0 Å². The SMILES string of the molecule is COc1cccc(CC(N)C2CCc3ccccc32)c1. The minimum Gasteiger partial charge on any atom is -0.497 e. The van der Waals surface area contributed by atoms with E-state index in [4.69, 9.17) is 10.5 Å². The number of nitrogens with two attached hydrogens (primary N) is 1. The molecule has 0 aliphatic heterocycles. The molecule has 0 saturated carbocycles. The van der Waals surface area contributed by atoms with Gasteiger partial charge < -0.3 is 10.5 Å². The molecule has 2 aromatic rings. The monoisotopic (exact) mass is 267 g/mol. The highest BCUT2D eigenvalue weighted by Crippen LogP contribution is 2.35. The van der Waals surface area contributed by atoms with Crippen LogP contribution >= 0.6 is 0 Å². The first-order chi connectivity index (χ1) is 9.78. The summed E-state index contributed by atoms with van der Waals surface area (Å²) in [4.78, 5) is 0. The van der Waals surface area contributed by atoms with Crippen LogP contribution in [0, 0.1) is 0 Å². The average Bonchev–Trinajstić information content (AvgIpc) is 2.91. The molecule has 2 atom stereocenters. The van der Waals surface area contributed by atoms with E-state index >= 15 is 0 Å². The summed E-state index contributed by atoms with van der Waals surface area (Å²) in [6.07, 6.45) is 3.23. The first kappa shape index (κ1) is 13.2. The van der Waals surface area contributed by atoms with E-state index in [0.29, 0.717) is 5.92 Å². The van der Waals surface area contributed by atoms with Gasteiger partial charge in [-0.15, -0.1) is 0 Å². The van der Waals surface area contributed by atoms with Crippen LogP contribution in [0.5, 0.6) is 5.75 Å². The van der Waals surface area contributed by atoms with E-state index in [0.717, 1.165) is 18.6 Å². The molecule has 0 bridgehead atoms. The van der Waals surface area contributed by atoms with E-state index < -0.39 is 0 Å². The van der Waals surface area contributed by atoms with E-state index in [1.165, 1.54) is 23.1 Å². The van der Waals surface area contributed by atoms with Crippen LogP contribution in [0.4, 0.5) is 0 Å². The van der Waals surface area contributed by atoms with E-state index in [1.54, 1.807) is 7.11 Å². The van der Waals surface area contributed by atoms with Gasteiger partial charge in [-0.05, 0) is 54.0 Å². The van der Waals surface area contributed by atoms with Crippen molar-refractivity contribution >= 4 is 0 Å². The van der Waals surface area contributed by atoms with Crippen molar-refractivity contribution in [1.29, 1.82) is 0 Å². The molecular formula is C18H21NO. The number of hydrogen-bond acceptors (Lipinski definition) is 2. The Kier molecular flexibility index (Phi) is 3.75. The Hall–Kier alpha value is -1.80. The van der Waals surface area contributed by atoms with Crippen molar-refractivity contribution in [2.45, 2.75) is 31.2 Å². The first-order valence-electron chi connectivity index (χ1n) is 7.24. The maximum atomic E-state index is 6.48. The van der Waals surface area contributed by atoms with Crippen molar-refractivity contribution in [2.24, 2.45) is 5.73 Å². The summed E-state index contributed by atoms with van der Waals surface area (Å²) in [6, 6.07) is 17.1. The summed E-state index contributed by atoms with van der Waals surface area (Å²) in [7, 11) is 1.70. The lowest BCUT2D eigenvalue weighted by atomic mass is 9.89. The highest BCUT2D eigenvalue weighted by Gasteiger charge is 2.27. The fourth-order valence-electron chi connectivity index (χ4n) is 3.25. The van der Waals surface area contributed by atoms with Gasteiger partial charge in [0.15, 0.2) is 0 Å². The molecule has 2 aromatic carbocycles. The molecule has 3 rings (SSSR count). The van der Waals surface area contributed by atoms with Gasteiger partial charge in [-0.2, -0.15) is 0 Å². The summed E-state index contributed by atoms with van der Waals surface area (Å²) < 4.78 is 5.28. The third kappa shape index (κ3) is 2.56. The zero-order chi connectivity index (χ0) is 13.9. The number of aryl methyl sites for hydroxylation is 1. The lowest BCUT2D eigenvalue weighted by Gasteiger charge is -2.20. The van der Waals surface area contributed by atoms with E-state index in [9.17, 15) is 0 Å². The van der Waals surface area contributed by atoms with Crippen LogP contribution in [0.15, 0.2) is 48.5 Å². The molecule has 0 fully saturated rings. The van der Waals surface area contributed by atoms with Crippen LogP contribution in [0.25, 0.3) is 0 Å². The maximum Gasteiger partial charge on any atom is 0.119 e. The van der Waals surface area contributed by atoms with Crippen molar-refractivity contribution in [1.82, 2.24) is 0 Å². The molecule has 2 nitrogen and oxygen atoms in total. The molecule has 2 heteroatoms. The van der Waals surface area contributed by atoms with Crippen molar-refractivity contribution in [3.63, 3.8) is 0 Å². The summed E-state index contributed by atoms with van der Waals surface area (Å²) in [5.41, 5.74) is 10.6. The van der Waals surface area contributed by atoms with Crippen LogP contribution in [0.2, 0.25) is 0 Å². The third-order valence-electron chi connectivity index (χ3n) is 4.30. The normalized spacial score (nSPS) is 18.6. The Morgan fingerprint density at radius 2 is 2.05 bits per heavy atom. The van der Waals surface area contributed by atoms with Gasteiger partial charge in [-0.25, -0.2) is 0 Å². The van der Waals surface area contributed by atoms with Crippen LogP contribution in [-0.2, 0) is 12.8 Å². The molecule has 0 amide bonds. The number of methoxy groups -OCH3 is 1. The second-order valence-corrected chi connectivity index (χ2v) is 5.56. The van der Waals surface area contributed by atoms with Crippen LogP contribution < -0.4 is 10.5 Å². The van der Waals surface area contributed by atoms with Gasteiger partial charge >= 0.3 is 0 Å². The standard InChI is InChI=1S/C18H21NO/c1-20-15-7-4-5-13(11-15)12-18(19)17-10-9-14-6-2-3-8-16(14)17/h2-8,11,17-18H,9-10,12,19H2,1H3. The molecule has 0 aromatic heterocycles. The lowest BCUT2D eigenvalue weighted by Crippen LogP contribution is -2.29. The molecule has 20 heavy (non-hydrogen) atoms. The number of fused-ring (bicyclic) bond motifs is 1. The summed E-state index contributed by atoms with van der Waals surface area (Å²) in [5.74, 6) is 1.39. The van der Waals surface area contributed by atoms with Crippen molar-refractivity contribution < 1.29 is 4.74 Å². The van der Waals surface area contributed by atoms with Crippen molar-refractivity contribution in [2.75, 3.05) is 7.11 Å². The second-order valence-electron chi connectivity index (χ2n) is 5.56. The van der Waals surface area contributed by atoms with E-state index in [2.05, 4.69) is 36.4 Å². The Labute approximate surface area is 120 Å². The van der Waals surface area contributed by atoms with Crippen LogP contribution in [0.1, 0.15) is 29.0 Å². The molecular weight excluding hydrogens is 246 g/mol. The fraction of sp³-hybridized carbons (Fsp3) is 0.333. The smallest absolute Gasteiger partial charge is 0.119 e. The average molecular weight is 267 g/mol. The van der Waals surface area contributed by atoms with Gasteiger partial charge in [-0.1, -0.05) is 36.4 Å². The Bertz CT molecular complexity index is 593. The highest BCUT2D eigenvalue weighted by molar-refractivity contribution is 5.37. The Morgan fingerprint density at radius 1 is 1.20 bits per heavy atom. The topological polar surface area (TPSA) is 35.2 Å². The largest absolute Gasteiger partial charge is 0.497 e. The van der Waals surface area contributed by atoms with Gasteiger partial charge in [0.25, 0.3) is 0 Å². The summed E-state index contributed by atoms with van der Waals surface area (Å²) >= 11 is 0. The minimum absolute atomic E-state index is 0.172. The van der Waals surface area contributed by atoms with Crippen molar-refractivity contribution in [3.8, 4) is 5.75 Å². The molecule has 1 aliphatic rings. The number of rotatable bonds is 4. The molecule has 2 unspecified atom stereocenters. The number of hydrogen-bond donors (Lipinski definition) is 1. The highest BCUT2D eigenvalue weighted by atomic mass is 16.5. The van der Waals surface area contributed by atoms with Gasteiger partial charge in [0.05, 0.1) is 7.11 Å². The summed E-state index contributed by atoms with van der Waals surface area (Å²) in [6.45, 7) is 0. The zero-order valence-corrected chi connectivity index (χ0v) is 11.9. The zero-order valence-electron chi connectivity index (χ0n) is 11.9. The first-order valence-corrected chi connectivity index (χ1v) is 7.24. The van der Waals surface area contributed by atoms with Gasteiger partial charge in [0, 0.05) is 6.04 Å². The Balaban J connectivity index is 1.75. The minimum atomic E-state index is 0.172. The molecule has 0 heterocycles. The lowest BCUT2D eigenvalue weighted by molar-refractivity contribution is 0.413. The van der Waals surface area contributed by atoms with Crippen LogP contribution in [0.3, 0.4) is 0 Å². The van der Waals surface area contributed by atoms with E-state index in [-0.39, 0.29) is 6.04 Å². The quantitative estimate of drug-likeness (QED) is 0.922. The second kappa shape index (κ2) is 5.68. The molecule has 0 spiro atoms. The van der Waals surface area contributed by atoms with Gasteiger partial charge in [0.1, 0.15) is 5.75 Å². The van der Waals surface area contributed by atoms with Crippen LogP contribution in [-0.4, -0.2) is 13.2 Å². The Morgan fingerprint density at radius 3 is 2.90 bits per heavy atom. The molecule has 104 valence electrons. The third-order valence-corrected chi connectivity index (χ3v) is 4.30. The maximum absolute atomic E-state index is 6.48. The fourth-order valence-corrected chi connectivity index (χ4v) is 3.25. The molecule has 1 aliphatic carbocycles. The molecule has 0 radical (unpaired) electrons. The van der Waals surface area contributed by atoms with Crippen molar-refractivity contribution in [3.05, 3.63) is 65.2 Å². The van der Waals surface area contributed by atoms with Gasteiger partial charge in [0.2, 0.25) is 0 Å². The predicted octanol–water partition coefficient (Wildman–Crippen LogP) is 3.30. The number of ether oxygens (including phenoxy) is 1. The number of benzene rings is 2. The van der Waals surface area contributed by atoms with E-state index in [1.807, 2.05) is 12.1 Å². The molecule has 0 saturated heterocycles. The predicted molar refractivity (Wildman–Crippen MR) is 82.2 cm³/mol. The molecule has 2 N–H and O–H groups in total.